The molecule has 2 rings (SSSR count). The zero-order valence-electron chi connectivity index (χ0n) is 16.9. The minimum Gasteiger partial charge on any atom is -0.496 e. The van der Waals surface area contributed by atoms with Crippen LogP contribution in [0.25, 0.3) is 0 Å². The summed E-state index contributed by atoms with van der Waals surface area (Å²) in [7, 11) is 1.55. The highest BCUT2D eigenvalue weighted by Gasteiger charge is 2.23. The number of ether oxygens (including phenoxy) is 1. The molecule has 7 nitrogen and oxygen atoms in total. The van der Waals surface area contributed by atoms with Crippen molar-refractivity contribution >= 4 is 11.9 Å². The summed E-state index contributed by atoms with van der Waals surface area (Å²) in [5.41, 5.74) is 2.07. The van der Waals surface area contributed by atoms with Crippen LogP contribution in [0.15, 0.2) is 30.5 Å². The molecule has 1 heterocycles. The highest BCUT2D eigenvalue weighted by Crippen LogP contribution is 2.22. The fourth-order valence-corrected chi connectivity index (χ4v) is 3.34. The van der Waals surface area contributed by atoms with E-state index in [1.165, 1.54) is 0 Å². The van der Waals surface area contributed by atoms with Crippen LogP contribution in [0.5, 0.6) is 5.75 Å². The van der Waals surface area contributed by atoms with Gasteiger partial charge in [-0.05, 0) is 37.8 Å². The lowest BCUT2D eigenvalue weighted by Crippen LogP contribution is -2.34. The number of hydrogen-bond acceptors (Lipinski definition) is 4. The van der Waals surface area contributed by atoms with E-state index in [9.17, 15) is 14.7 Å². The quantitative estimate of drug-likeness (QED) is 0.653. The molecule has 0 aliphatic rings. The highest BCUT2D eigenvalue weighted by atomic mass is 16.5. The molecule has 0 aliphatic heterocycles. The zero-order chi connectivity index (χ0) is 20.7. The number of hydrogen-bond donors (Lipinski definition) is 2. The number of carbonyl (C=O) groups is 2. The molecular formula is C21H29N3O4. The van der Waals surface area contributed by atoms with E-state index in [0.717, 1.165) is 24.1 Å². The first-order valence-electron chi connectivity index (χ1n) is 9.59. The normalized spacial score (nSPS) is 12.0. The summed E-state index contributed by atoms with van der Waals surface area (Å²) in [4.78, 5) is 24.3. The van der Waals surface area contributed by atoms with Crippen molar-refractivity contribution < 1.29 is 19.4 Å². The molecule has 2 aromatic rings. The Hall–Kier alpha value is -2.83. The number of carboxylic acids is 1. The van der Waals surface area contributed by atoms with E-state index in [2.05, 4.69) is 24.3 Å². The molecule has 0 spiro atoms. The number of amides is 1. The van der Waals surface area contributed by atoms with Crippen LogP contribution in [-0.4, -0.2) is 40.4 Å². The Labute approximate surface area is 165 Å². The molecule has 1 atom stereocenters. The fraction of sp³-hybridized carbons (Fsp3) is 0.476. The van der Waals surface area contributed by atoms with Crippen LogP contribution in [0, 0.1) is 12.8 Å². The van der Waals surface area contributed by atoms with Crippen LogP contribution in [0.3, 0.4) is 0 Å². The first-order chi connectivity index (χ1) is 13.4. The van der Waals surface area contributed by atoms with Crippen molar-refractivity contribution in [2.75, 3.05) is 13.7 Å². The van der Waals surface area contributed by atoms with Gasteiger partial charge in [-0.15, -0.1) is 0 Å². The second-order valence-corrected chi connectivity index (χ2v) is 6.82. The van der Waals surface area contributed by atoms with Crippen molar-refractivity contribution in [2.24, 2.45) is 5.92 Å². The Morgan fingerprint density at radius 3 is 2.54 bits per heavy atom. The van der Waals surface area contributed by atoms with Gasteiger partial charge in [0.2, 0.25) is 0 Å². The summed E-state index contributed by atoms with van der Waals surface area (Å²) in [6, 6.07) is 7.55. The minimum atomic E-state index is -0.962. The maximum atomic E-state index is 12.6. The van der Waals surface area contributed by atoms with Crippen molar-refractivity contribution in [3.05, 3.63) is 47.3 Å². The molecule has 0 aliphatic carbocycles. The average molecular weight is 387 g/mol. The Morgan fingerprint density at radius 1 is 1.25 bits per heavy atom. The smallest absolute Gasteiger partial charge is 0.308 e. The molecular weight excluding hydrogens is 358 g/mol. The Kier molecular flexibility index (Phi) is 7.61. The fourth-order valence-electron chi connectivity index (χ4n) is 3.34. The van der Waals surface area contributed by atoms with Gasteiger partial charge in [-0.3, -0.25) is 14.3 Å². The number of nitrogens with zero attached hydrogens (tertiary/aromatic N) is 2. The average Bonchev–Trinajstić information content (AvgIpc) is 3.07. The van der Waals surface area contributed by atoms with Crippen molar-refractivity contribution in [2.45, 2.75) is 46.1 Å². The lowest BCUT2D eigenvalue weighted by Gasteiger charge is -2.16. The Balaban J connectivity index is 2.08. The van der Waals surface area contributed by atoms with E-state index in [4.69, 9.17) is 4.74 Å². The van der Waals surface area contributed by atoms with Gasteiger partial charge in [0, 0.05) is 12.2 Å². The van der Waals surface area contributed by atoms with E-state index in [-0.39, 0.29) is 24.9 Å². The molecule has 0 radical (unpaired) electrons. The summed E-state index contributed by atoms with van der Waals surface area (Å²) < 4.78 is 7.17. The number of aromatic nitrogens is 2. The number of para-hydroxylation sites is 1. The van der Waals surface area contributed by atoms with E-state index in [0.29, 0.717) is 11.3 Å². The molecule has 7 heteroatoms. The van der Waals surface area contributed by atoms with E-state index in [1.54, 1.807) is 19.4 Å². The summed E-state index contributed by atoms with van der Waals surface area (Å²) in [5, 5.41) is 16.7. The minimum absolute atomic E-state index is 0.0296. The summed E-state index contributed by atoms with van der Waals surface area (Å²) in [6.07, 6.45) is 3.69. The van der Waals surface area contributed by atoms with Gasteiger partial charge in [-0.1, -0.05) is 32.0 Å². The number of carbonyl (C=O) groups excluding carboxylic acids is 1. The molecule has 1 amide bonds. The summed E-state index contributed by atoms with van der Waals surface area (Å²) in [5.74, 6) is -1.38. The SMILES string of the molecule is CCC(CC)n1ncc(C(=O)NCC(Cc2ccccc2OC)C(=O)O)c1C. The molecule has 152 valence electrons. The zero-order valence-corrected chi connectivity index (χ0v) is 16.9. The van der Waals surface area contributed by atoms with Crippen LogP contribution in [0.4, 0.5) is 0 Å². The standard InChI is InChI=1S/C21H29N3O4/c1-5-17(6-2)24-14(3)18(13-23-24)20(25)22-12-16(21(26)27)11-15-9-7-8-10-19(15)28-4/h7-10,13,16-17H,5-6,11-12H2,1-4H3,(H,22,25)(H,26,27). The Morgan fingerprint density at radius 2 is 1.93 bits per heavy atom. The number of nitrogens with one attached hydrogen (secondary N) is 1. The van der Waals surface area contributed by atoms with Gasteiger partial charge in [-0.2, -0.15) is 5.10 Å². The van der Waals surface area contributed by atoms with Crippen LogP contribution in [-0.2, 0) is 11.2 Å². The van der Waals surface area contributed by atoms with Crippen LogP contribution < -0.4 is 10.1 Å². The maximum Gasteiger partial charge on any atom is 0.308 e. The number of aliphatic carboxylic acids is 1. The molecule has 28 heavy (non-hydrogen) atoms. The molecule has 0 fully saturated rings. The molecule has 0 saturated carbocycles. The Bertz CT molecular complexity index is 812. The highest BCUT2D eigenvalue weighted by molar-refractivity contribution is 5.95. The molecule has 1 unspecified atom stereocenters. The van der Waals surface area contributed by atoms with Gasteiger partial charge in [-0.25, -0.2) is 0 Å². The third kappa shape index (κ3) is 4.91. The van der Waals surface area contributed by atoms with Gasteiger partial charge in [0.25, 0.3) is 5.91 Å². The van der Waals surface area contributed by atoms with E-state index in [1.807, 2.05) is 29.8 Å². The van der Waals surface area contributed by atoms with Crippen LogP contribution in [0.2, 0.25) is 0 Å². The van der Waals surface area contributed by atoms with Gasteiger partial charge in [0.15, 0.2) is 0 Å². The largest absolute Gasteiger partial charge is 0.496 e. The van der Waals surface area contributed by atoms with Gasteiger partial charge in [0.1, 0.15) is 5.75 Å². The van der Waals surface area contributed by atoms with Crippen LogP contribution in [0.1, 0.15) is 54.3 Å². The van der Waals surface area contributed by atoms with E-state index >= 15 is 0 Å². The predicted molar refractivity (Wildman–Crippen MR) is 107 cm³/mol. The molecule has 0 saturated heterocycles. The van der Waals surface area contributed by atoms with Crippen molar-refractivity contribution in [1.82, 2.24) is 15.1 Å². The predicted octanol–water partition coefficient (Wildman–Crippen LogP) is 3.23. The summed E-state index contributed by atoms with van der Waals surface area (Å²) in [6.45, 7) is 6.07. The third-order valence-corrected chi connectivity index (χ3v) is 5.09. The molecule has 1 aromatic carbocycles. The monoisotopic (exact) mass is 387 g/mol. The lowest BCUT2D eigenvalue weighted by atomic mass is 9.98. The van der Waals surface area contributed by atoms with Crippen molar-refractivity contribution in [1.29, 1.82) is 0 Å². The molecule has 2 N–H and O–H groups in total. The molecule has 0 bridgehead atoms. The van der Waals surface area contributed by atoms with Gasteiger partial charge in [0.05, 0.1) is 30.8 Å². The molecule has 1 aromatic heterocycles. The second-order valence-electron chi connectivity index (χ2n) is 6.82. The van der Waals surface area contributed by atoms with E-state index < -0.39 is 11.9 Å². The third-order valence-electron chi connectivity index (χ3n) is 5.09. The van der Waals surface area contributed by atoms with Crippen molar-refractivity contribution in [3.63, 3.8) is 0 Å². The summed E-state index contributed by atoms with van der Waals surface area (Å²) >= 11 is 0. The topological polar surface area (TPSA) is 93.5 Å². The first kappa shape index (κ1) is 21.5. The number of rotatable bonds is 10. The first-order valence-corrected chi connectivity index (χ1v) is 9.59. The maximum absolute atomic E-state index is 12.6. The number of benzene rings is 1. The van der Waals surface area contributed by atoms with Gasteiger partial charge < -0.3 is 15.2 Å². The van der Waals surface area contributed by atoms with Crippen molar-refractivity contribution in [3.8, 4) is 5.75 Å². The number of carboxylic acid groups (broad SMARTS) is 1. The number of methoxy groups -OCH3 is 1. The second kappa shape index (κ2) is 9.92. The van der Waals surface area contributed by atoms with Crippen LogP contribution >= 0.6 is 0 Å². The lowest BCUT2D eigenvalue weighted by molar-refractivity contribution is -0.141. The van der Waals surface area contributed by atoms with Gasteiger partial charge >= 0.3 is 5.97 Å².